The molecule has 1 aromatic rings. The maximum absolute atomic E-state index is 11.7. The number of aromatic nitrogens is 1. The molecule has 0 N–H and O–H groups in total. The van der Waals surface area contributed by atoms with Crippen molar-refractivity contribution in [2.24, 2.45) is 5.92 Å². The molecule has 0 amide bonds. The Hall–Kier alpha value is -0.740. The lowest BCUT2D eigenvalue weighted by Crippen LogP contribution is -2.25. The Kier molecular flexibility index (Phi) is 2.71. The molecule has 1 fully saturated rings. The highest BCUT2D eigenvalue weighted by Gasteiger charge is 2.23. The molecule has 1 aliphatic rings. The van der Waals surface area contributed by atoms with Crippen molar-refractivity contribution >= 4 is 17.1 Å². The van der Waals surface area contributed by atoms with E-state index in [1.165, 1.54) is 11.3 Å². The molecule has 0 bridgehead atoms. The maximum Gasteiger partial charge on any atom is 0.187 e. The average Bonchev–Trinajstić information content (AvgIpc) is 2.71. The van der Waals surface area contributed by atoms with Crippen LogP contribution in [0.3, 0.4) is 0 Å². The Morgan fingerprint density at radius 1 is 1.69 bits per heavy atom. The largest absolute Gasteiger partial charge is 0.381 e. The molecule has 0 spiro atoms. The zero-order valence-corrected chi connectivity index (χ0v) is 8.05. The van der Waals surface area contributed by atoms with Crippen LogP contribution in [0.2, 0.25) is 0 Å². The summed E-state index contributed by atoms with van der Waals surface area (Å²) in [5, 5.41) is 1.80. The lowest BCUT2D eigenvalue weighted by Gasteiger charge is -2.19. The Balaban J connectivity index is 2.04. The summed E-state index contributed by atoms with van der Waals surface area (Å²) in [7, 11) is 0. The Bertz CT molecular complexity index is 278. The summed E-state index contributed by atoms with van der Waals surface area (Å²) in [5.41, 5.74) is 2.29. The topological polar surface area (TPSA) is 39.2 Å². The standard InChI is InChI=1S/C9H11NO2S/c11-9(8-5-13-6-10-8)7-2-1-3-12-4-7/h5-7H,1-4H2. The van der Waals surface area contributed by atoms with Crippen LogP contribution in [0.1, 0.15) is 23.3 Å². The quantitative estimate of drug-likeness (QED) is 0.678. The van der Waals surface area contributed by atoms with Crippen LogP contribution in [0.5, 0.6) is 0 Å². The molecule has 0 saturated carbocycles. The van der Waals surface area contributed by atoms with Crippen LogP contribution >= 0.6 is 11.3 Å². The first-order chi connectivity index (χ1) is 6.38. The van der Waals surface area contributed by atoms with Crippen LogP contribution in [-0.2, 0) is 4.74 Å². The number of hydrogen-bond donors (Lipinski definition) is 0. The first-order valence-electron chi connectivity index (χ1n) is 4.38. The van der Waals surface area contributed by atoms with Crippen LogP contribution in [0.15, 0.2) is 10.9 Å². The van der Waals surface area contributed by atoms with Gasteiger partial charge in [-0.2, -0.15) is 0 Å². The van der Waals surface area contributed by atoms with Crippen molar-refractivity contribution in [3.63, 3.8) is 0 Å². The van der Waals surface area contributed by atoms with E-state index in [0.717, 1.165) is 19.4 Å². The summed E-state index contributed by atoms with van der Waals surface area (Å²) in [4.78, 5) is 15.7. The fourth-order valence-electron chi connectivity index (χ4n) is 1.49. The molecule has 2 heterocycles. The molecule has 0 aromatic carbocycles. The van der Waals surface area contributed by atoms with E-state index in [1.54, 1.807) is 10.9 Å². The number of Topliss-reactive ketones (excluding diaryl/α,β-unsaturated/α-hetero) is 1. The fourth-order valence-corrected chi connectivity index (χ4v) is 2.03. The Labute approximate surface area is 80.8 Å². The zero-order valence-electron chi connectivity index (χ0n) is 7.23. The molecule has 1 unspecified atom stereocenters. The lowest BCUT2D eigenvalue weighted by atomic mass is 9.96. The van der Waals surface area contributed by atoms with Crippen molar-refractivity contribution in [3.8, 4) is 0 Å². The Morgan fingerprint density at radius 3 is 3.23 bits per heavy atom. The van der Waals surface area contributed by atoms with Crippen LogP contribution in [0, 0.1) is 5.92 Å². The third kappa shape index (κ3) is 1.95. The molecular formula is C9H11NO2S. The van der Waals surface area contributed by atoms with E-state index >= 15 is 0 Å². The molecule has 1 atom stereocenters. The summed E-state index contributed by atoms with van der Waals surface area (Å²) in [5.74, 6) is 0.178. The molecule has 0 radical (unpaired) electrons. The van der Waals surface area contributed by atoms with Crippen LogP contribution in [0.4, 0.5) is 0 Å². The van der Waals surface area contributed by atoms with Gasteiger partial charge < -0.3 is 4.74 Å². The van der Waals surface area contributed by atoms with E-state index in [2.05, 4.69) is 4.98 Å². The summed E-state index contributed by atoms with van der Waals surface area (Å²) >= 11 is 1.46. The van der Waals surface area contributed by atoms with Crippen molar-refractivity contribution in [2.75, 3.05) is 13.2 Å². The minimum absolute atomic E-state index is 0.0378. The van der Waals surface area contributed by atoms with Crippen LogP contribution in [0.25, 0.3) is 0 Å². The SMILES string of the molecule is O=C(c1cscn1)C1CCCOC1. The van der Waals surface area contributed by atoms with Crippen molar-refractivity contribution in [1.29, 1.82) is 0 Å². The van der Waals surface area contributed by atoms with E-state index in [0.29, 0.717) is 12.3 Å². The van der Waals surface area contributed by atoms with Gasteiger partial charge in [0.05, 0.1) is 12.1 Å². The number of ether oxygens (including phenoxy) is 1. The molecule has 2 rings (SSSR count). The van der Waals surface area contributed by atoms with Crippen LogP contribution in [-0.4, -0.2) is 24.0 Å². The van der Waals surface area contributed by atoms with Gasteiger partial charge in [-0.05, 0) is 12.8 Å². The molecule has 3 nitrogen and oxygen atoms in total. The first-order valence-corrected chi connectivity index (χ1v) is 5.32. The minimum atomic E-state index is 0.0378. The molecule has 1 aliphatic heterocycles. The van der Waals surface area contributed by atoms with Gasteiger partial charge in [-0.3, -0.25) is 4.79 Å². The molecule has 0 aliphatic carbocycles. The highest BCUT2D eigenvalue weighted by molar-refractivity contribution is 7.07. The van der Waals surface area contributed by atoms with Gasteiger partial charge >= 0.3 is 0 Å². The van der Waals surface area contributed by atoms with Gasteiger partial charge in [0.25, 0.3) is 0 Å². The summed E-state index contributed by atoms with van der Waals surface area (Å²) in [6.07, 6.45) is 1.93. The highest BCUT2D eigenvalue weighted by atomic mass is 32.1. The number of carbonyl (C=O) groups excluding carboxylic acids is 1. The molecule has 1 aromatic heterocycles. The van der Waals surface area contributed by atoms with Gasteiger partial charge in [-0.25, -0.2) is 4.98 Å². The van der Waals surface area contributed by atoms with Gasteiger partial charge in [0.15, 0.2) is 5.78 Å². The number of hydrogen-bond acceptors (Lipinski definition) is 4. The smallest absolute Gasteiger partial charge is 0.187 e. The minimum Gasteiger partial charge on any atom is -0.381 e. The zero-order chi connectivity index (χ0) is 9.10. The van der Waals surface area contributed by atoms with Gasteiger partial charge in [-0.1, -0.05) is 0 Å². The fraction of sp³-hybridized carbons (Fsp3) is 0.556. The van der Waals surface area contributed by atoms with E-state index < -0.39 is 0 Å². The van der Waals surface area contributed by atoms with Gasteiger partial charge in [0, 0.05) is 17.9 Å². The molecule has 4 heteroatoms. The van der Waals surface area contributed by atoms with Gasteiger partial charge in [0.1, 0.15) is 5.69 Å². The molecule has 1 saturated heterocycles. The van der Waals surface area contributed by atoms with Gasteiger partial charge in [0.2, 0.25) is 0 Å². The van der Waals surface area contributed by atoms with Crippen LogP contribution < -0.4 is 0 Å². The van der Waals surface area contributed by atoms with Crippen molar-refractivity contribution in [1.82, 2.24) is 4.98 Å². The van der Waals surface area contributed by atoms with E-state index in [9.17, 15) is 4.79 Å². The predicted molar refractivity (Wildman–Crippen MR) is 50.0 cm³/mol. The molecular weight excluding hydrogens is 186 g/mol. The lowest BCUT2D eigenvalue weighted by molar-refractivity contribution is 0.0458. The second kappa shape index (κ2) is 3.98. The first kappa shape index (κ1) is 8.84. The van der Waals surface area contributed by atoms with Crippen molar-refractivity contribution < 1.29 is 9.53 Å². The van der Waals surface area contributed by atoms with E-state index in [-0.39, 0.29) is 11.7 Å². The maximum atomic E-state index is 11.7. The van der Waals surface area contributed by atoms with Gasteiger partial charge in [-0.15, -0.1) is 11.3 Å². The third-order valence-corrected chi connectivity index (χ3v) is 2.80. The second-order valence-corrected chi connectivity index (χ2v) is 3.87. The number of thiazole rings is 1. The van der Waals surface area contributed by atoms with Crippen molar-refractivity contribution in [2.45, 2.75) is 12.8 Å². The highest BCUT2D eigenvalue weighted by Crippen LogP contribution is 2.18. The van der Waals surface area contributed by atoms with E-state index in [1.807, 2.05) is 0 Å². The third-order valence-electron chi connectivity index (χ3n) is 2.22. The number of carbonyl (C=O) groups is 1. The summed E-state index contributed by atoms with van der Waals surface area (Å²) in [6.45, 7) is 1.36. The summed E-state index contributed by atoms with van der Waals surface area (Å²) in [6, 6.07) is 0. The predicted octanol–water partition coefficient (Wildman–Crippen LogP) is 1.75. The average molecular weight is 197 g/mol. The Morgan fingerprint density at radius 2 is 2.62 bits per heavy atom. The van der Waals surface area contributed by atoms with Crippen molar-refractivity contribution in [3.05, 3.63) is 16.6 Å². The monoisotopic (exact) mass is 197 g/mol. The van der Waals surface area contributed by atoms with E-state index in [4.69, 9.17) is 4.74 Å². The molecule has 70 valence electrons. The summed E-state index contributed by atoms with van der Waals surface area (Å²) < 4.78 is 5.26. The number of ketones is 1. The number of nitrogens with zero attached hydrogens (tertiary/aromatic N) is 1. The molecule has 13 heavy (non-hydrogen) atoms. The second-order valence-electron chi connectivity index (χ2n) is 3.15. The normalized spacial score (nSPS) is 22.9. The number of rotatable bonds is 2.